The van der Waals surface area contributed by atoms with E-state index >= 15 is 0 Å². The maximum Gasteiger partial charge on any atom is 0.163 e. The lowest BCUT2D eigenvalue weighted by Gasteiger charge is -2.63. The lowest BCUT2D eigenvalue weighted by molar-refractivity contribution is -0.194. The van der Waals surface area contributed by atoms with Gasteiger partial charge in [-0.05, 0) is 87.0 Å². The Hall–Kier alpha value is -1.28. The number of ether oxygens (including phenoxy) is 2. The molecule has 0 spiro atoms. The smallest absolute Gasteiger partial charge is 0.163 e. The Labute approximate surface area is 199 Å². The number of thiazole rings is 1. The highest BCUT2D eigenvalue weighted by atomic mass is 32.1. The third kappa shape index (κ3) is 2.55. The molecule has 178 valence electrons. The van der Waals surface area contributed by atoms with Crippen LogP contribution in [0.3, 0.4) is 0 Å². The molecule has 7 rings (SSSR count). The largest absolute Gasteiger partial charge is 0.382 e. The van der Waals surface area contributed by atoms with Crippen molar-refractivity contribution in [1.82, 2.24) is 15.2 Å². The van der Waals surface area contributed by atoms with Gasteiger partial charge in [-0.25, -0.2) is 4.98 Å². The predicted octanol–water partition coefficient (Wildman–Crippen LogP) is 4.45. The molecule has 6 nitrogen and oxygen atoms in total. The topological polar surface area (TPSA) is 80.3 Å². The number of rotatable bonds is 1. The van der Waals surface area contributed by atoms with Crippen molar-refractivity contribution in [3.8, 4) is 0 Å². The highest BCUT2D eigenvalue weighted by Gasteiger charge is 2.71. The van der Waals surface area contributed by atoms with Crippen LogP contribution in [-0.2, 0) is 27.9 Å². The van der Waals surface area contributed by atoms with Crippen molar-refractivity contribution in [2.45, 2.75) is 89.8 Å². The average Bonchev–Trinajstić information content (AvgIpc) is 3.53. The van der Waals surface area contributed by atoms with Crippen molar-refractivity contribution in [1.29, 1.82) is 0 Å². The molecule has 4 aliphatic carbocycles. The van der Waals surface area contributed by atoms with E-state index in [0.717, 1.165) is 43.5 Å². The number of nitrogens with zero attached hydrogens (tertiary/aromatic N) is 2. The molecule has 33 heavy (non-hydrogen) atoms. The number of fused-ring (bicyclic) bond motifs is 9. The van der Waals surface area contributed by atoms with Gasteiger partial charge < -0.3 is 14.6 Å². The van der Waals surface area contributed by atoms with Crippen LogP contribution in [0.15, 0.2) is 17.8 Å². The van der Waals surface area contributed by atoms with Crippen LogP contribution in [0, 0.1) is 34.5 Å². The number of H-pyrrole nitrogens is 1. The zero-order chi connectivity index (χ0) is 22.8. The molecule has 1 saturated heterocycles. The van der Waals surface area contributed by atoms with Gasteiger partial charge in [0.05, 0.1) is 18.4 Å². The third-order valence-electron chi connectivity index (χ3n) is 10.7. The minimum atomic E-state index is -0.844. The molecule has 0 aromatic carbocycles. The number of aromatic amines is 1. The van der Waals surface area contributed by atoms with Gasteiger partial charge in [0, 0.05) is 22.7 Å². The summed E-state index contributed by atoms with van der Waals surface area (Å²) in [4.78, 5) is 4.60. The molecule has 7 heteroatoms. The summed E-state index contributed by atoms with van der Waals surface area (Å²) in [6.45, 7) is 9.00. The second kappa shape index (κ2) is 6.48. The number of aliphatic hydroxyl groups is 1. The first-order chi connectivity index (χ1) is 15.7. The molecule has 0 unspecified atom stereocenters. The van der Waals surface area contributed by atoms with E-state index < -0.39 is 11.4 Å². The van der Waals surface area contributed by atoms with Gasteiger partial charge in [-0.1, -0.05) is 13.8 Å². The van der Waals surface area contributed by atoms with E-state index in [1.165, 1.54) is 11.3 Å². The van der Waals surface area contributed by atoms with Crippen LogP contribution in [0.25, 0.3) is 0 Å². The molecule has 5 aliphatic rings. The zero-order valence-electron chi connectivity index (χ0n) is 20.0. The number of hydrogen-bond donors (Lipinski definition) is 2. The summed E-state index contributed by atoms with van der Waals surface area (Å²) in [6.07, 6.45) is 10.1. The van der Waals surface area contributed by atoms with Gasteiger partial charge in [0.1, 0.15) is 10.6 Å². The SMILES string of the molecule is CC1(C)O[C@H]2[C@H](O1)[C@H]1Cc3[nH]ncc3C[C@]1(C)[C@H]1CC[C@@]3(C)[C@@H](CC[C@@]3(O)c3nccs3)[C@H]21. The van der Waals surface area contributed by atoms with Crippen LogP contribution in [0.5, 0.6) is 0 Å². The molecule has 1 aliphatic heterocycles. The molecule has 2 N–H and O–H groups in total. The first kappa shape index (κ1) is 21.0. The van der Waals surface area contributed by atoms with Crippen LogP contribution in [0.4, 0.5) is 0 Å². The van der Waals surface area contributed by atoms with Crippen molar-refractivity contribution < 1.29 is 14.6 Å². The predicted molar refractivity (Wildman–Crippen MR) is 124 cm³/mol. The average molecular weight is 470 g/mol. The molecule has 3 saturated carbocycles. The molecule has 0 radical (unpaired) electrons. The maximum absolute atomic E-state index is 12.1. The van der Waals surface area contributed by atoms with Crippen molar-refractivity contribution in [3.63, 3.8) is 0 Å². The highest BCUT2D eigenvalue weighted by Crippen LogP contribution is 2.71. The minimum absolute atomic E-state index is 0.0795. The molecule has 3 heterocycles. The van der Waals surface area contributed by atoms with E-state index in [4.69, 9.17) is 9.47 Å². The second-order valence-corrected chi connectivity index (χ2v) is 13.3. The van der Waals surface area contributed by atoms with Crippen molar-refractivity contribution in [3.05, 3.63) is 34.0 Å². The van der Waals surface area contributed by atoms with Crippen molar-refractivity contribution >= 4 is 11.3 Å². The third-order valence-corrected chi connectivity index (χ3v) is 11.6. The van der Waals surface area contributed by atoms with Gasteiger partial charge in [-0.15, -0.1) is 11.3 Å². The van der Waals surface area contributed by atoms with Gasteiger partial charge in [0.2, 0.25) is 0 Å². The van der Waals surface area contributed by atoms with E-state index in [-0.39, 0.29) is 23.0 Å². The second-order valence-electron chi connectivity index (χ2n) is 12.4. The molecule has 4 fully saturated rings. The molecule has 2 aromatic rings. The van der Waals surface area contributed by atoms with Gasteiger partial charge >= 0.3 is 0 Å². The van der Waals surface area contributed by atoms with E-state index in [1.54, 1.807) is 11.3 Å². The Bertz CT molecular complexity index is 1080. The van der Waals surface area contributed by atoms with E-state index in [1.807, 2.05) is 17.8 Å². The fourth-order valence-corrected chi connectivity index (χ4v) is 10.1. The first-order valence-electron chi connectivity index (χ1n) is 12.7. The summed E-state index contributed by atoms with van der Waals surface area (Å²) in [5, 5.41) is 22.6. The molecule has 0 bridgehead atoms. The van der Waals surface area contributed by atoms with Crippen LogP contribution in [0.1, 0.15) is 69.6 Å². The fourth-order valence-electron chi connectivity index (χ4n) is 9.20. The Balaban J connectivity index is 1.34. The van der Waals surface area contributed by atoms with E-state index in [0.29, 0.717) is 23.7 Å². The highest BCUT2D eigenvalue weighted by molar-refractivity contribution is 7.09. The summed E-state index contributed by atoms with van der Waals surface area (Å²) in [5.41, 5.74) is 1.77. The van der Waals surface area contributed by atoms with Gasteiger partial charge in [0.25, 0.3) is 0 Å². The molecule has 9 atom stereocenters. The Kier molecular flexibility index (Phi) is 4.13. The summed E-state index contributed by atoms with van der Waals surface area (Å²) in [5.74, 6) is 1.19. The van der Waals surface area contributed by atoms with Crippen molar-refractivity contribution in [2.75, 3.05) is 0 Å². The zero-order valence-corrected chi connectivity index (χ0v) is 20.8. The lowest BCUT2D eigenvalue weighted by atomic mass is 9.43. The number of nitrogens with one attached hydrogen (secondary N) is 1. The van der Waals surface area contributed by atoms with E-state index in [2.05, 4.69) is 42.9 Å². The molecular weight excluding hydrogens is 434 g/mol. The van der Waals surface area contributed by atoms with Crippen LogP contribution in [-0.4, -0.2) is 38.3 Å². The monoisotopic (exact) mass is 469 g/mol. The number of hydrogen-bond acceptors (Lipinski definition) is 6. The fraction of sp³-hybridized carbons (Fsp3) is 0.769. The molecule has 0 amide bonds. The molecular formula is C26H35N3O3S. The minimum Gasteiger partial charge on any atom is -0.382 e. The van der Waals surface area contributed by atoms with E-state index in [9.17, 15) is 5.11 Å². The van der Waals surface area contributed by atoms with Gasteiger partial charge in [-0.2, -0.15) is 5.10 Å². The number of aromatic nitrogens is 3. The summed E-state index contributed by atoms with van der Waals surface area (Å²) >= 11 is 1.61. The lowest BCUT2D eigenvalue weighted by Crippen LogP contribution is -2.64. The quantitative estimate of drug-likeness (QED) is 0.645. The standard InChI is InChI=1S/C26H35N3O3S/c1-23(2)31-20-17-11-18-14(13-28-29-18)12-24(17,3)15-5-7-25(4)16(19(15)21(20)32-23)6-8-26(25,30)22-27-9-10-33-22/h9-10,13,15-17,19-21,30H,5-8,11-12H2,1-4H3,(H,28,29)/t15-,16-,17+,19+,20+,21+,24+,25-,26+/m0/s1. The Morgan fingerprint density at radius 3 is 2.64 bits per heavy atom. The normalized spacial score (nSPS) is 49.6. The van der Waals surface area contributed by atoms with Gasteiger partial charge in [0.15, 0.2) is 5.79 Å². The molecule has 2 aromatic heterocycles. The Morgan fingerprint density at radius 2 is 1.85 bits per heavy atom. The first-order valence-corrected chi connectivity index (χ1v) is 13.5. The summed E-state index contributed by atoms with van der Waals surface area (Å²) in [7, 11) is 0. The van der Waals surface area contributed by atoms with Crippen LogP contribution < -0.4 is 0 Å². The van der Waals surface area contributed by atoms with Gasteiger partial charge in [-0.3, -0.25) is 5.10 Å². The maximum atomic E-state index is 12.1. The van der Waals surface area contributed by atoms with Crippen LogP contribution >= 0.6 is 11.3 Å². The van der Waals surface area contributed by atoms with Crippen molar-refractivity contribution in [2.24, 2.45) is 34.5 Å². The summed E-state index contributed by atoms with van der Waals surface area (Å²) < 4.78 is 13.5. The summed E-state index contributed by atoms with van der Waals surface area (Å²) in [6, 6.07) is 0. The Morgan fingerprint density at radius 1 is 1.06 bits per heavy atom. The van der Waals surface area contributed by atoms with Crippen LogP contribution in [0.2, 0.25) is 0 Å².